The first-order valence-corrected chi connectivity index (χ1v) is 8.39. The molecule has 1 saturated heterocycles. The molecule has 1 aliphatic heterocycles. The number of nitrogens with one attached hydrogen (secondary N) is 1. The lowest BCUT2D eigenvalue weighted by molar-refractivity contribution is 0.0740. The number of hydrogen-bond donors (Lipinski definition) is 1. The second kappa shape index (κ2) is 7.07. The molecule has 0 radical (unpaired) electrons. The standard InChI is InChI=1S/C13H14ClN3OS2.ClH/c1-8-11(13(18)17-6-4-15-5-7-17)20-12(16-8)9-2-3-10(14)19-9;/h2-3,15H,4-7H2,1H3;1H. The Morgan fingerprint density at radius 2 is 2.05 bits per heavy atom. The van der Waals surface area contributed by atoms with Crippen molar-refractivity contribution in [1.82, 2.24) is 15.2 Å². The van der Waals surface area contributed by atoms with Gasteiger partial charge in [-0.2, -0.15) is 0 Å². The number of amides is 1. The summed E-state index contributed by atoms with van der Waals surface area (Å²) in [5, 5.41) is 4.12. The molecular weight excluding hydrogens is 349 g/mol. The van der Waals surface area contributed by atoms with E-state index in [2.05, 4.69) is 10.3 Å². The number of aryl methyl sites for hydroxylation is 1. The number of nitrogens with zero attached hydrogens (tertiary/aromatic N) is 2. The fraction of sp³-hybridized carbons (Fsp3) is 0.385. The van der Waals surface area contributed by atoms with Gasteiger partial charge in [0, 0.05) is 26.2 Å². The molecule has 0 saturated carbocycles. The van der Waals surface area contributed by atoms with Gasteiger partial charge in [0.2, 0.25) is 0 Å². The Morgan fingerprint density at radius 3 is 2.67 bits per heavy atom. The number of thiophene rings is 1. The number of piperazine rings is 1. The molecule has 8 heteroatoms. The fourth-order valence-electron chi connectivity index (χ4n) is 2.14. The van der Waals surface area contributed by atoms with E-state index in [0.717, 1.165) is 51.0 Å². The second-order valence-corrected chi connectivity index (χ2v) is 7.29. The zero-order chi connectivity index (χ0) is 14.1. The van der Waals surface area contributed by atoms with Gasteiger partial charge in [-0.05, 0) is 19.1 Å². The molecule has 0 bridgehead atoms. The number of hydrogen-bond acceptors (Lipinski definition) is 5. The maximum absolute atomic E-state index is 12.5. The Bertz CT molecular complexity index is 635. The minimum atomic E-state index is 0. The van der Waals surface area contributed by atoms with Crippen LogP contribution in [0, 0.1) is 6.92 Å². The van der Waals surface area contributed by atoms with Crippen molar-refractivity contribution in [1.29, 1.82) is 0 Å². The molecule has 0 spiro atoms. The van der Waals surface area contributed by atoms with Crippen LogP contribution in [0.2, 0.25) is 4.34 Å². The first-order chi connectivity index (χ1) is 9.65. The van der Waals surface area contributed by atoms with Gasteiger partial charge in [-0.15, -0.1) is 35.1 Å². The van der Waals surface area contributed by atoms with Crippen molar-refractivity contribution < 1.29 is 4.79 Å². The first-order valence-electron chi connectivity index (χ1n) is 6.38. The van der Waals surface area contributed by atoms with Gasteiger partial charge in [-0.25, -0.2) is 4.98 Å². The fourth-order valence-corrected chi connectivity index (χ4v) is 4.27. The molecule has 0 aliphatic carbocycles. The van der Waals surface area contributed by atoms with Crippen molar-refractivity contribution in [2.75, 3.05) is 26.2 Å². The highest BCUT2D eigenvalue weighted by atomic mass is 35.5. The SMILES string of the molecule is Cc1nc(-c2ccc(Cl)s2)sc1C(=O)N1CCNCC1.Cl. The van der Waals surface area contributed by atoms with Crippen LogP contribution in [0.15, 0.2) is 12.1 Å². The quantitative estimate of drug-likeness (QED) is 0.889. The largest absolute Gasteiger partial charge is 0.335 e. The summed E-state index contributed by atoms with van der Waals surface area (Å²) in [5.41, 5.74) is 0.804. The highest BCUT2D eigenvalue weighted by Gasteiger charge is 2.23. The van der Waals surface area contributed by atoms with Crippen LogP contribution in [-0.4, -0.2) is 42.0 Å². The summed E-state index contributed by atoms with van der Waals surface area (Å²) in [6.45, 7) is 5.13. The maximum Gasteiger partial charge on any atom is 0.265 e. The molecular formula is C13H15Cl2N3OS2. The molecule has 0 unspecified atom stereocenters. The number of rotatable bonds is 2. The molecule has 1 N–H and O–H groups in total. The summed E-state index contributed by atoms with van der Waals surface area (Å²) in [5.74, 6) is 0.0930. The molecule has 3 rings (SSSR count). The Balaban J connectivity index is 0.00000161. The third-order valence-corrected chi connectivity index (χ3v) is 5.72. The summed E-state index contributed by atoms with van der Waals surface area (Å²) >= 11 is 8.90. The topological polar surface area (TPSA) is 45.2 Å². The lowest BCUT2D eigenvalue weighted by Gasteiger charge is -2.26. The van der Waals surface area contributed by atoms with E-state index in [0.29, 0.717) is 0 Å². The lowest BCUT2D eigenvalue weighted by atomic mass is 10.3. The minimum absolute atomic E-state index is 0. The zero-order valence-electron chi connectivity index (χ0n) is 11.4. The van der Waals surface area contributed by atoms with Crippen LogP contribution in [0.5, 0.6) is 0 Å². The normalized spacial score (nSPS) is 14.9. The van der Waals surface area contributed by atoms with Crippen molar-refractivity contribution in [3.8, 4) is 9.88 Å². The zero-order valence-corrected chi connectivity index (χ0v) is 14.6. The number of aromatic nitrogens is 1. The summed E-state index contributed by atoms with van der Waals surface area (Å²) in [6.07, 6.45) is 0. The molecule has 21 heavy (non-hydrogen) atoms. The van der Waals surface area contributed by atoms with E-state index in [1.54, 1.807) is 0 Å². The van der Waals surface area contributed by atoms with E-state index >= 15 is 0 Å². The van der Waals surface area contributed by atoms with Crippen LogP contribution < -0.4 is 5.32 Å². The van der Waals surface area contributed by atoms with Crippen LogP contribution in [-0.2, 0) is 0 Å². The number of carbonyl (C=O) groups is 1. The van der Waals surface area contributed by atoms with Crippen LogP contribution in [0.3, 0.4) is 0 Å². The average Bonchev–Trinajstić information content (AvgIpc) is 3.05. The van der Waals surface area contributed by atoms with E-state index in [1.165, 1.54) is 22.7 Å². The Labute approximate surface area is 142 Å². The van der Waals surface area contributed by atoms with Gasteiger partial charge in [0.25, 0.3) is 5.91 Å². The smallest absolute Gasteiger partial charge is 0.265 e. The molecule has 1 fully saturated rings. The van der Waals surface area contributed by atoms with E-state index in [4.69, 9.17) is 11.6 Å². The predicted molar refractivity (Wildman–Crippen MR) is 91.2 cm³/mol. The number of thiazole rings is 1. The predicted octanol–water partition coefficient (Wildman–Crippen LogP) is 3.30. The van der Waals surface area contributed by atoms with E-state index < -0.39 is 0 Å². The van der Waals surface area contributed by atoms with Crippen molar-refractivity contribution in [3.05, 3.63) is 27.0 Å². The summed E-state index contributed by atoms with van der Waals surface area (Å²) < 4.78 is 0.739. The highest BCUT2D eigenvalue weighted by molar-refractivity contribution is 7.24. The van der Waals surface area contributed by atoms with E-state index in [1.807, 2.05) is 24.0 Å². The van der Waals surface area contributed by atoms with E-state index in [-0.39, 0.29) is 18.3 Å². The van der Waals surface area contributed by atoms with Crippen LogP contribution >= 0.6 is 46.7 Å². The van der Waals surface area contributed by atoms with Gasteiger partial charge < -0.3 is 10.2 Å². The Kier molecular flexibility index (Phi) is 5.62. The molecule has 3 heterocycles. The monoisotopic (exact) mass is 363 g/mol. The van der Waals surface area contributed by atoms with Gasteiger partial charge in [0.15, 0.2) is 0 Å². The average molecular weight is 364 g/mol. The Hall–Kier alpha value is -0.660. The third-order valence-electron chi connectivity index (χ3n) is 3.18. The lowest BCUT2D eigenvalue weighted by Crippen LogP contribution is -2.46. The first kappa shape index (κ1) is 16.7. The van der Waals surface area contributed by atoms with Gasteiger partial charge in [-0.1, -0.05) is 11.6 Å². The van der Waals surface area contributed by atoms with Gasteiger partial charge >= 0.3 is 0 Å². The molecule has 2 aromatic heterocycles. The number of halogens is 2. The molecule has 0 atom stereocenters. The highest BCUT2D eigenvalue weighted by Crippen LogP contribution is 2.35. The molecule has 2 aromatic rings. The summed E-state index contributed by atoms with van der Waals surface area (Å²) in [7, 11) is 0. The van der Waals surface area contributed by atoms with Gasteiger partial charge in [0.1, 0.15) is 9.88 Å². The van der Waals surface area contributed by atoms with Gasteiger partial charge in [0.05, 0.1) is 14.9 Å². The number of carbonyl (C=O) groups excluding carboxylic acids is 1. The van der Waals surface area contributed by atoms with Crippen LogP contribution in [0.4, 0.5) is 0 Å². The molecule has 4 nitrogen and oxygen atoms in total. The van der Waals surface area contributed by atoms with Gasteiger partial charge in [-0.3, -0.25) is 4.79 Å². The van der Waals surface area contributed by atoms with Crippen LogP contribution in [0.1, 0.15) is 15.4 Å². The molecule has 114 valence electrons. The summed E-state index contributed by atoms with van der Waals surface area (Å²) in [6, 6.07) is 3.81. The summed E-state index contributed by atoms with van der Waals surface area (Å²) in [4.78, 5) is 20.7. The molecule has 0 aromatic carbocycles. The van der Waals surface area contributed by atoms with E-state index in [9.17, 15) is 4.79 Å². The second-order valence-electron chi connectivity index (χ2n) is 4.58. The van der Waals surface area contributed by atoms with Crippen molar-refractivity contribution in [2.45, 2.75) is 6.92 Å². The molecule has 1 aliphatic rings. The third kappa shape index (κ3) is 3.57. The Morgan fingerprint density at radius 1 is 1.33 bits per heavy atom. The van der Waals surface area contributed by atoms with Crippen molar-refractivity contribution in [3.63, 3.8) is 0 Å². The van der Waals surface area contributed by atoms with Crippen LogP contribution in [0.25, 0.3) is 9.88 Å². The van der Waals surface area contributed by atoms with Crippen molar-refractivity contribution >= 4 is 52.6 Å². The maximum atomic E-state index is 12.5. The minimum Gasteiger partial charge on any atom is -0.335 e. The van der Waals surface area contributed by atoms with Crippen molar-refractivity contribution in [2.24, 2.45) is 0 Å². The molecule has 1 amide bonds.